The van der Waals surface area contributed by atoms with Gasteiger partial charge in [-0.25, -0.2) is 13.4 Å². The van der Waals surface area contributed by atoms with Gasteiger partial charge in [-0.3, -0.25) is 14.9 Å². The Morgan fingerprint density at radius 1 is 1.06 bits per heavy atom. The minimum Gasteiger partial charge on any atom is -0.301 e. The summed E-state index contributed by atoms with van der Waals surface area (Å²) in [5.74, 6) is -0.523. The molecule has 0 fully saturated rings. The Labute approximate surface area is 203 Å². The SMILES string of the molecule is CCN(CC)S(=O)(=O)c1ccc(C(=O)Nc2nnc(SCC(=O)Nc3nc(C)cs3)s2)cc1. The van der Waals surface area contributed by atoms with Crippen molar-refractivity contribution in [3.8, 4) is 0 Å². The maximum Gasteiger partial charge on any atom is 0.257 e. The molecule has 2 heterocycles. The predicted octanol–water partition coefficient (Wildman–Crippen LogP) is 3.32. The maximum atomic E-state index is 12.6. The highest BCUT2D eigenvalue weighted by Gasteiger charge is 2.22. The highest BCUT2D eigenvalue weighted by atomic mass is 32.2. The van der Waals surface area contributed by atoms with E-state index >= 15 is 0 Å². The lowest BCUT2D eigenvalue weighted by Gasteiger charge is -2.18. The zero-order valence-corrected chi connectivity index (χ0v) is 21.3. The zero-order valence-electron chi connectivity index (χ0n) is 18.1. The summed E-state index contributed by atoms with van der Waals surface area (Å²) in [5, 5.41) is 15.9. The standard InChI is InChI=1S/C19H22N6O4S4/c1-4-25(5-2)33(28,29)14-8-6-13(7-9-14)16(27)22-18-23-24-19(32-18)31-11-15(26)21-17-20-12(3)10-30-17/h6-10H,4-5,11H2,1-3H3,(H,20,21,26)(H,22,23,27). The smallest absolute Gasteiger partial charge is 0.257 e. The number of aromatic nitrogens is 3. The number of nitrogens with one attached hydrogen (secondary N) is 2. The van der Waals surface area contributed by atoms with Crippen molar-refractivity contribution in [1.29, 1.82) is 0 Å². The van der Waals surface area contributed by atoms with Gasteiger partial charge in [0, 0.05) is 24.0 Å². The van der Waals surface area contributed by atoms with Crippen molar-refractivity contribution in [1.82, 2.24) is 19.5 Å². The Kier molecular flexibility index (Phi) is 8.53. The van der Waals surface area contributed by atoms with Crippen LogP contribution in [-0.2, 0) is 14.8 Å². The van der Waals surface area contributed by atoms with Crippen molar-refractivity contribution in [2.75, 3.05) is 29.5 Å². The third kappa shape index (κ3) is 6.57. The molecule has 0 aliphatic carbocycles. The Hall–Kier alpha value is -2.39. The summed E-state index contributed by atoms with van der Waals surface area (Å²) in [6.07, 6.45) is 0. The van der Waals surface area contributed by atoms with Crippen molar-refractivity contribution in [2.24, 2.45) is 0 Å². The second-order valence-electron chi connectivity index (χ2n) is 6.57. The number of aryl methyl sites for hydroxylation is 1. The topological polar surface area (TPSA) is 134 Å². The average molecular weight is 527 g/mol. The lowest BCUT2D eigenvalue weighted by molar-refractivity contribution is -0.113. The lowest BCUT2D eigenvalue weighted by atomic mass is 10.2. The van der Waals surface area contributed by atoms with Gasteiger partial charge in [-0.1, -0.05) is 36.9 Å². The van der Waals surface area contributed by atoms with Gasteiger partial charge in [0.05, 0.1) is 16.3 Å². The van der Waals surface area contributed by atoms with Crippen LogP contribution < -0.4 is 10.6 Å². The minimum absolute atomic E-state index is 0.128. The molecule has 0 aliphatic rings. The predicted molar refractivity (Wildman–Crippen MR) is 131 cm³/mol. The van der Waals surface area contributed by atoms with Crippen molar-refractivity contribution >= 4 is 66.5 Å². The van der Waals surface area contributed by atoms with Gasteiger partial charge in [0.1, 0.15) is 0 Å². The van der Waals surface area contributed by atoms with E-state index in [9.17, 15) is 18.0 Å². The molecule has 10 nitrogen and oxygen atoms in total. The first-order valence-corrected chi connectivity index (χ1v) is 13.9. The molecule has 176 valence electrons. The number of benzene rings is 1. The van der Waals surface area contributed by atoms with Crippen LogP contribution in [0.1, 0.15) is 29.9 Å². The number of carbonyl (C=O) groups is 2. The molecule has 3 aromatic rings. The van der Waals surface area contributed by atoms with E-state index in [1.807, 2.05) is 12.3 Å². The summed E-state index contributed by atoms with van der Waals surface area (Å²) in [6, 6.07) is 5.72. The Bertz CT molecular complexity index is 1220. The molecule has 2 amide bonds. The quantitative estimate of drug-likeness (QED) is 0.303. The molecule has 33 heavy (non-hydrogen) atoms. The third-order valence-electron chi connectivity index (χ3n) is 4.28. The summed E-state index contributed by atoms with van der Waals surface area (Å²) in [6.45, 7) is 6.12. The number of hydrogen-bond donors (Lipinski definition) is 2. The van der Waals surface area contributed by atoms with E-state index in [2.05, 4.69) is 25.8 Å². The van der Waals surface area contributed by atoms with Crippen LogP contribution in [0.2, 0.25) is 0 Å². The fraction of sp³-hybridized carbons (Fsp3) is 0.316. The number of nitrogens with zero attached hydrogens (tertiary/aromatic N) is 4. The number of thiazole rings is 1. The van der Waals surface area contributed by atoms with E-state index in [1.165, 1.54) is 51.7 Å². The molecule has 0 saturated heterocycles. The molecule has 0 bridgehead atoms. The number of thioether (sulfide) groups is 1. The van der Waals surface area contributed by atoms with Crippen LogP contribution in [0.5, 0.6) is 0 Å². The molecule has 0 spiro atoms. The summed E-state index contributed by atoms with van der Waals surface area (Å²) < 4.78 is 27.0. The number of amides is 2. The normalized spacial score (nSPS) is 11.5. The van der Waals surface area contributed by atoms with Gasteiger partial charge in [-0.05, 0) is 31.2 Å². The van der Waals surface area contributed by atoms with Crippen LogP contribution in [-0.4, -0.2) is 58.6 Å². The molecule has 0 radical (unpaired) electrons. The van der Waals surface area contributed by atoms with E-state index in [4.69, 9.17) is 0 Å². The van der Waals surface area contributed by atoms with Gasteiger partial charge in [0.2, 0.25) is 21.1 Å². The molecule has 3 rings (SSSR count). The van der Waals surface area contributed by atoms with E-state index in [0.717, 1.165) is 17.0 Å². The molecule has 0 saturated carbocycles. The maximum absolute atomic E-state index is 12.6. The molecular formula is C19H22N6O4S4. The van der Waals surface area contributed by atoms with Crippen molar-refractivity contribution < 1.29 is 18.0 Å². The number of rotatable bonds is 10. The van der Waals surface area contributed by atoms with E-state index < -0.39 is 15.9 Å². The van der Waals surface area contributed by atoms with Crippen molar-refractivity contribution in [3.05, 3.63) is 40.9 Å². The fourth-order valence-corrected chi connectivity index (χ4v) is 6.38. The van der Waals surface area contributed by atoms with Crippen LogP contribution >= 0.6 is 34.4 Å². The van der Waals surface area contributed by atoms with E-state index in [-0.39, 0.29) is 27.3 Å². The molecule has 0 unspecified atom stereocenters. The fourth-order valence-electron chi connectivity index (χ4n) is 2.67. The van der Waals surface area contributed by atoms with Crippen LogP contribution in [0.3, 0.4) is 0 Å². The van der Waals surface area contributed by atoms with Crippen LogP contribution in [0.15, 0.2) is 38.9 Å². The molecule has 0 atom stereocenters. The first kappa shape index (κ1) is 25.2. The summed E-state index contributed by atoms with van der Waals surface area (Å²) in [7, 11) is -3.59. The number of sulfonamides is 1. The molecule has 2 aromatic heterocycles. The van der Waals surface area contributed by atoms with Gasteiger partial charge in [0.15, 0.2) is 9.47 Å². The Balaban J connectivity index is 1.55. The second-order valence-corrected chi connectivity index (χ2v) is 11.6. The second kappa shape index (κ2) is 11.2. The lowest BCUT2D eigenvalue weighted by Crippen LogP contribution is -2.30. The highest BCUT2D eigenvalue weighted by Crippen LogP contribution is 2.26. The monoisotopic (exact) mass is 526 g/mol. The van der Waals surface area contributed by atoms with Crippen LogP contribution in [0.25, 0.3) is 0 Å². The Morgan fingerprint density at radius 3 is 2.36 bits per heavy atom. The zero-order chi connectivity index (χ0) is 24.0. The largest absolute Gasteiger partial charge is 0.301 e. The number of hydrogen-bond acceptors (Lipinski definition) is 10. The van der Waals surface area contributed by atoms with Crippen LogP contribution in [0, 0.1) is 6.92 Å². The summed E-state index contributed by atoms with van der Waals surface area (Å²) >= 11 is 3.69. The molecule has 14 heteroatoms. The van der Waals surface area contributed by atoms with Crippen molar-refractivity contribution in [3.63, 3.8) is 0 Å². The third-order valence-corrected chi connectivity index (χ3v) is 9.19. The summed E-state index contributed by atoms with van der Waals surface area (Å²) in [4.78, 5) is 28.8. The first-order chi connectivity index (χ1) is 15.7. The number of anilines is 2. The van der Waals surface area contributed by atoms with Gasteiger partial charge < -0.3 is 5.32 Å². The minimum atomic E-state index is -3.59. The Morgan fingerprint density at radius 2 is 1.76 bits per heavy atom. The first-order valence-electron chi connectivity index (χ1n) is 9.82. The number of carbonyl (C=O) groups excluding carboxylic acids is 2. The highest BCUT2D eigenvalue weighted by molar-refractivity contribution is 8.01. The molecular weight excluding hydrogens is 505 g/mol. The summed E-state index contributed by atoms with van der Waals surface area (Å²) in [5.41, 5.74) is 1.13. The molecule has 2 N–H and O–H groups in total. The van der Waals surface area contributed by atoms with Gasteiger partial charge in [-0.2, -0.15) is 4.31 Å². The van der Waals surface area contributed by atoms with Crippen molar-refractivity contribution in [2.45, 2.75) is 30.0 Å². The van der Waals surface area contributed by atoms with Crippen LogP contribution in [0.4, 0.5) is 10.3 Å². The molecule has 1 aromatic carbocycles. The average Bonchev–Trinajstić information content (AvgIpc) is 3.41. The van der Waals surface area contributed by atoms with Gasteiger partial charge in [-0.15, -0.1) is 21.5 Å². The van der Waals surface area contributed by atoms with Gasteiger partial charge >= 0.3 is 0 Å². The molecule has 0 aliphatic heterocycles. The van der Waals surface area contributed by atoms with Gasteiger partial charge in [0.25, 0.3) is 5.91 Å². The van der Waals surface area contributed by atoms with E-state index in [1.54, 1.807) is 13.8 Å². The van der Waals surface area contributed by atoms with E-state index in [0.29, 0.717) is 22.6 Å².